The van der Waals surface area contributed by atoms with Crippen molar-refractivity contribution in [1.29, 1.82) is 0 Å². The molecular formula is C55H107NO5. The van der Waals surface area contributed by atoms with Crippen LogP contribution in [0.15, 0.2) is 12.2 Å². The molecule has 6 nitrogen and oxygen atoms in total. The van der Waals surface area contributed by atoms with Gasteiger partial charge in [-0.2, -0.15) is 0 Å². The number of unbranched alkanes of at least 4 members (excludes halogenated alkanes) is 40. The molecule has 1 amide bonds. The van der Waals surface area contributed by atoms with Gasteiger partial charge in [0.15, 0.2) is 0 Å². The third-order valence-electron chi connectivity index (χ3n) is 12.8. The van der Waals surface area contributed by atoms with Crippen LogP contribution in [-0.2, 0) is 14.3 Å². The fraction of sp³-hybridized carbons (Fsp3) is 0.927. The number of aliphatic hydroxyl groups excluding tert-OH is 2. The number of allylic oxidation sites excluding steroid dienone is 1. The number of rotatable bonds is 51. The highest BCUT2D eigenvalue weighted by Crippen LogP contribution is 2.17. The summed E-state index contributed by atoms with van der Waals surface area (Å²) < 4.78 is 5.47. The van der Waals surface area contributed by atoms with Crippen molar-refractivity contribution in [3.63, 3.8) is 0 Å². The maximum Gasteiger partial charge on any atom is 0.305 e. The summed E-state index contributed by atoms with van der Waals surface area (Å²) in [6.07, 6.45) is 59.5. The number of hydrogen-bond acceptors (Lipinski definition) is 5. The Morgan fingerprint density at radius 2 is 0.754 bits per heavy atom. The number of esters is 1. The van der Waals surface area contributed by atoms with Crippen LogP contribution < -0.4 is 5.32 Å². The first-order chi connectivity index (χ1) is 30.0. The Labute approximate surface area is 380 Å². The Morgan fingerprint density at radius 1 is 0.443 bits per heavy atom. The van der Waals surface area contributed by atoms with Crippen molar-refractivity contribution in [1.82, 2.24) is 5.32 Å². The monoisotopic (exact) mass is 862 g/mol. The summed E-state index contributed by atoms with van der Waals surface area (Å²) in [6.45, 7) is 4.88. The molecule has 0 saturated carbocycles. The molecule has 6 heteroatoms. The summed E-state index contributed by atoms with van der Waals surface area (Å²) in [5.41, 5.74) is 0. The highest BCUT2D eigenvalue weighted by molar-refractivity contribution is 5.76. The van der Waals surface area contributed by atoms with Crippen LogP contribution in [0, 0.1) is 0 Å². The second kappa shape index (κ2) is 51.2. The van der Waals surface area contributed by atoms with Crippen LogP contribution >= 0.6 is 0 Å². The van der Waals surface area contributed by atoms with Crippen molar-refractivity contribution in [2.75, 3.05) is 13.2 Å². The Bertz CT molecular complexity index is 909. The summed E-state index contributed by atoms with van der Waals surface area (Å²) in [6, 6.07) is -0.624. The first-order valence-corrected chi connectivity index (χ1v) is 27.5. The first-order valence-electron chi connectivity index (χ1n) is 27.5. The summed E-state index contributed by atoms with van der Waals surface area (Å²) >= 11 is 0. The quantitative estimate of drug-likeness (QED) is 0.0322. The van der Waals surface area contributed by atoms with Crippen molar-refractivity contribution in [3.05, 3.63) is 12.2 Å². The zero-order valence-corrected chi connectivity index (χ0v) is 41.2. The lowest BCUT2D eigenvalue weighted by Gasteiger charge is -2.20. The van der Waals surface area contributed by atoms with Crippen LogP contribution in [-0.4, -0.2) is 47.4 Å². The van der Waals surface area contributed by atoms with Crippen molar-refractivity contribution < 1.29 is 24.5 Å². The molecule has 61 heavy (non-hydrogen) atoms. The number of ether oxygens (including phenoxy) is 1. The molecule has 0 spiro atoms. The van der Waals surface area contributed by atoms with Crippen LogP contribution in [0.5, 0.6) is 0 Å². The topological polar surface area (TPSA) is 95.9 Å². The minimum absolute atomic E-state index is 0.0142. The predicted molar refractivity (Wildman–Crippen MR) is 264 cm³/mol. The predicted octanol–water partition coefficient (Wildman–Crippen LogP) is 16.5. The fourth-order valence-electron chi connectivity index (χ4n) is 8.58. The zero-order chi connectivity index (χ0) is 44.4. The van der Waals surface area contributed by atoms with Crippen molar-refractivity contribution >= 4 is 11.9 Å². The van der Waals surface area contributed by atoms with Crippen molar-refractivity contribution in [3.8, 4) is 0 Å². The van der Waals surface area contributed by atoms with Gasteiger partial charge in [0.25, 0.3) is 0 Å². The Morgan fingerprint density at radius 3 is 1.11 bits per heavy atom. The van der Waals surface area contributed by atoms with Gasteiger partial charge in [0.2, 0.25) is 5.91 Å². The molecule has 0 radical (unpaired) electrons. The number of carbonyl (C=O) groups excluding carboxylic acids is 2. The molecule has 2 unspecified atom stereocenters. The highest BCUT2D eigenvalue weighted by Gasteiger charge is 2.18. The average Bonchev–Trinajstić information content (AvgIpc) is 3.26. The van der Waals surface area contributed by atoms with Gasteiger partial charge in [-0.05, 0) is 32.1 Å². The van der Waals surface area contributed by atoms with Crippen LogP contribution in [0.1, 0.15) is 303 Å². The van der Waals surface area contributed by atoms with E-state index in [1.165, 1.54) is 238 Å². The van der Waals surface area contributed by atoms with E-state index >= 15 is 0 Å². The van der Waals surface area contributed by atoms with E-state index in [1.54, 1.807) is 6.08 Å². The van der Waals surface area contributed by atoms with Gasteiger partial charge in [0.05, 0.1) is 25.4 Å². The van der Waals surface area contributed by atoms with Crippen LogP contribution in [0.3, 0.4) is 0 Å². The lowest BCUT2D eigenvalue weighted by Crippen LogP contribution is -2.45. The molecule has 0 aromatic carbocycles. The maximum atomic E-state index is 12.4. The van der Waals surface area contributed by atoms with E-state index < -0.39 is 12.1 Å². The summed E-state index contributed by atoms with van der Waals surface area (Å²) in [4.78, 5) is 24.4. The highest BCUT2D eigenvalue weighted by atomic mass is 16.5. The van der Waals surface area contributed by atoms with Gasteiger partial charge in [0, 0.05) is 12.8 Å². The SMILES string of the molecule is CCCCCCCCC/C=C/C(O)C(CO)NC(=O)CCCCCCCCCCCCCCCCCCCCCCCCOC(=O)CCCCCCCCCCCCCCC. The molecule has 0 saturated heterocycles. The molecule has 2 atom stereocenters. The molecule has 0 aliphatic heterocycles. The Kier molecular flexibility index (Phi) is 50.1. The number of nitrogens with one attached hydrogen (secondary N) is 1. The first kappa shape index (κ1) is 59.6. The van der Waals surface area contributed by atoms with Crippen LogP contribution in [0.4, 0.5) is 0 Å². The van der Waals surface area contributed by atoms with E-state index in [4.69, 9.17) is 4.74 Å². The Balaban J connectivity index is 3.35. The molecule has 0 aliphatic rings. The zero-order valence-electron chi connectivity index (χ0n) is 41.2. The van der Waals surface area contributed by atoms with Crippen molar-refractivity contribution in [2.45, 2.75) is 315 Å². The summed E-state index contributed by atoms with van der Waals surface area (Å²) in [5, 5.41) is 22.9. The number of carbonyl (C=O) groups is 2. The minimum atomic E-state index is -0.841. The van der Waals surface area contributed by atoms with E-state index in [-0.39, 0.29) is 18.5 Å². The fourth-order valence-corrected chi connectivity index (χ4v) is 8.58. The third kappa shape index (κ3) is 47.9. The van der Waals surface area contributed by atoms with Gasteiger partial charge in [0.1, 0.15) is 0 Å². The van der Waals surface area contributed by atoms with Gasteiger partial charge in [-0.3, -0.25) is 9.59 Å². The molecular weight excluding hydrogens is 755 g/mol. The molecule has 0 aromatic rings. The number of aliphatic hydroxyl groups is 2. The molecule has 0 rings (SSSR count). The molecule has 3 N–H and O–H groups in total. The van der Waals surface area contributed by atoms with E-state index in [0.29, 0.717) is 19.4 Å². The molecule has 0 heterocycles. The second-order valence-electron chi connectivity index (χ2n) is 18.9. The third-order valence-corrected chi connectivity index (χ3v) is 12.8. The normalized spacial score (nSPS) is 12.7. The average molecular weight is 862 g/mol. The second-order valence-corrected chi connectivity index (χ2v) is 18.9. The maximum absolute atomic E-state index is 12.4. The van der Waals surface area contributed by atoms with Gasteiger partial charge in [-0.15, -0.1) is 0 Å². The van der Waals surface area contributed by atoms with Crippen LogP contribution in [0.2, 0.25) is 0 Å². The van der Waals surface area contributed by atoms with E-state index in [2.05, 4.69) is 19.2 Å². The lowest BCUT2D eigenvalue weighted by atomic mass is 10.0. The van der Waals surface area contributed by atoms with Gasteiger partial charge in [-0.25, -0.2) is 0 Å². The minimum Gasteiger partial charge on any atom is -0.466 e. The van der Waals surface area contributed by atoms with E-state index in [1.807, 2.05) is 6.08 Å². The molecule has 0 aliphatic carbocycles. The largest absolute Gasteiger partial charge is 0.466 e. The molecule has 0 fully saturated rings. The summed E-state index contributed by atoms with van der Waals surface area (Å²) in [7, 11) is 0. The van der Waals surface area contributed by atoms with E-state index in [0.717, 1.165) is 38.5 Å². The van der Waals surface area contributed by atoms with Crippen LogP contribution in [0.25, 0.3) is 0 Å². The smallest absolute Gasteiger partial charge is 0.305 e. The van der Waals surface area contributed by atoms with E-state index in [9.17, 15) is 19.8 Å². The summed E-state index contributed by atoms with van der Waals surface area (Å²) in [5.74, 6) is -0.0559. The van der Waals surface area contributed by atoms with Gasteiger partial charge < -0.3 is 20.3 Å². The van der Waals surface area contributed by atoms with Crippen molar-refractivity contribution in [2.24, 2.45) is 0 Å². The number of hydrogen-bond donors (Lipinski definition) is 3. The lowest BCUT2D eigenvalue weighted by molar-refractivity contribution is -0.143. The Hall–Kier alpha value is -1.40. The molecule has 0 bridgehead atoms. The standard InChI is InChI=1S/C55H107NO5/c1-3-5-7-9-11-13-14-25-29-33-37-41-45-49-55(60)61-50-46-42-38-34-30-27-24-22-20-18-16-15-17-19-21-23-26-28-32-36-40-44-48-54(59)56-52(51-57)53(58)47-43-39-35-31-12-10-8-6-4-2/h43,47,52-53,57-58H,3-42,44-46,48-51H2,1-2H3,(H,56,59)/b47-43+. The molecule has 0 aromatic heterocycles. The molecule has 362 valence electrons. The van der Waals surface area contributed by atoms with Gasteiger partial charge >= 0.3 is 5.97 Å². The number of amides is 1. The van der Waals surface area contributed by atoms with Gasteiger partial charge in [-0.1, -0.05) is 270 Å².